The van der Waals surface area contributed by atoms with E-state index in [2.05, 4.69) is 27.2 Å². The quantitative estimate of drug-likeness (QED) is 0.326. The Hall–Kier alpha value is -3.38. The number of nitrogens with zero attached hydrogens (tertiary/aromatic N) is 4. The van der Waals surface area contributed by atoms with Crippen molar-refractivity contribution >= 4 is 46.1 Å². The lowest BCUT2D eigenvalue weighted by atomic mass is 10.0. The first-order valence-electron chi connectivity index (χ1n) is 12.8. The fraction of sp³-hybridized carbons (Fsp3) is 0.407. The van der Waals surface area contributed by atoms with Crippen LogP contribution in [0.15, 0.2) is 35.8 Å². The normalized spacial score (nSPS) is 15.4. The maximum atomic E-state index is 14.0. The maximum Gasteiger partial charge on any atom is 0.260 e. The number of hydrogen-bond donors (Lipinski definition) is 2. The first kappa shape index (κ1) is 28.2. The number of nitrogens with one attached hydrogen (secondary N) is 2. The minimum Gasteiger partial charge on any atom is -0.495 e. The second kappa shape index (κ2) is 12.0. The smallest absolute Gasteiger partial charge is 0.260 e. The highest BCUT2D eigenvalue weighted by Crippen LogP contribution is 2.45. The van der Waals surface area contributed by atoms with E-state index in [1.54, 1.807) is 27.8 Å². The molecule has 0 unspecified atom stereocenters. The van der Waals surface area contributed by atoms with Crippen LogP contribution in [0.2, 0.25) is 10.0 Å². The Kier molecular flexibility index (Phi) is 8.46. The average molecular weight is 589 g/mol. The summed E-state index contributed by atoms with van der Waals surface area (Å²) >= 11 is 13.4. The van der Waals surface area contributed by atoms with Crippen LogP contribution in [0.25, 0.3) is 22.2 Å². The molecule has 3 aromatic rings. The Labute approximate surface area is 241 Å². The van der Waals surface area contributed by atoms with Crippen LogP contribution in [-0.2, 0) is 16.1 Å². The highest BCUT2D eigenvalue weighted by molar-refractivity contribution is 6.41. The van der Waals surface area contributed by atoms with E-state index in [1.807, 2.05) is 0 Å². The van der Waals surface area contributed by atoms with Crippen LogP contribution in [-0.4, -0.2) is 85.0 Å². The van der Waals surface area contributed by atoms with Crippen molar-refractivity contribution in [2.75, 3.05) is 58.9 Å². The predicted molar refractivity (Wildman–Crippen MR) is 154 cm³/mol. The minimum atomic E-state index is -0.331. The summed E-state index contributed by atoms with van der Waals surface area (Å²) in [6, 6.07) is 3.38. The van der Waals surface area contributed by atoms with Crippen molar-refractivity contribution < 1.29 is 19.0 Å². The predicted octanol–water partition coefficient (Wildman–Crippen LogP) is 2.83. The molecule has 2 fully saturated rings. The number of amides is 1. The van der Waals surface area contributed by atoms with E-state index in [0.717, 1.165) is 0 Å². The summed E-state index contributed by atoms with van der Waals surface area (Å²) in [7, 11) is 2.95. The summed E-state index contributed by atoms with van der Waals surface area (Å²) < 4.78 is 17.7. The second-order valence-electron chi connectivity index (χ2n) is 9.65. The van der Waals surface area contributed by atoms with E-state index < -0.39 is 0 Å². The molecule has 0 bridgehead atoms. The third-order valence-corrected chi connectivity index (χ3v) is 7.81. The van der Waals surface area contributed by atoms with Crippen LogP contribution in [0.5, 0.6) is 11.5 Å². The van der Waals surface area contributed by atoms with Crippen molar-refractivity contribution in [2.24, 2.45) is 5.92 Å². The molecule has 2 aromatic heterocycles. The lowest BCUT2D eigenvalue weighted by Crippen LogP contribution is -2.59. The van der Waals surface area contributed by atoms with Gasteiger partial charge in [0, 0.05) is 67.9 Å². The number of rotatable bonds is 11. The van der Waals surface area contributed by atoms with Gasteiger partial charge in [0.15, 0.2) is 0 Å². The van der Waals surface area contributed by atoms with E-state index in [-0.39, 0.29) is 33.1 Å². The van der Waals surface area contributed by atoms with E-state index in [0.29, 0.717) is 85.9 Å². The van der Waals surface area contributed by atoms with Crippen LogP contribution in [0, 0.1) is 5.92 Å². The van der Waals surface area contributed by atoms with Gasteiger partial charge in [-0.1, -0.05) is 29.8 Å². The molecule has 13 heteroatoms. The molecule has 40 heavy (non-hydrogen) atoms. The van der Waals surface area contributed by atoms with Crippen LogP contribution in [0.1, 0.15) is 0 Å². The van der Waals surface area contributed by atoms with E-state index in [1.165, 1.54) is 20.3 Å². The Morgan fingerprint density at radius 3 is 2.50 bits per heavy atom. The number of aromatic nitrogens is 3. The first-order chi connectivity index (χ1) is 19.3. The van der Waals surface area contributed by atoms with Gasteiger partial charge in [-0.25, -0.2) is 4.98 Å². The molecule has 1 aromatic carbocycles. The molecule has 0 radical (unpaired) electrons. The highest BCUT2D eigenvalue weighted by atomic mass is 35.5. The molecular formula is C27H30Cl2N6O5. The van der Waals surface area contributed by atoms with Gasteiger partial charge in [0.25, 0.3) is 5.56 Å². The van der Waals surface area contributed by atoms with Gasteiger partial charge in [-0.05, 0) is 12.1 Å². The molecule has 2 N–H and O–H groups in total. The summed E-state index contributed by atoms with van der Waals surface area (Å²) in [4.78, 5) is 36.6. The molecule has 2 aliphatic rings. The van der Waals surface area contributed by atoms with Crippen molar-refractivity contribution in [3.63, 3.8) is 0 Å². The molecule has 2 aliphatic heterocycles. The summed E-state index contributed by atoms with van der Waals surface area (Å²) in [5.74, 6) is 1.37. The molecule has 212 valence electrons. The fourth-order valence-electron chi connectivity index (χ4n) is 4.69. The molecule has 2 saturated heterocycles. The standard InChI is InChI=1S/C27H30Cl2N6O5/c1-4-21(36)34-11-17(12-34)30-5-6-35-25-16(10-32-27(33-25)31-9-15-13-40-14-15)7-18(26(35)37)22-23(28)19(38-2)8-20(39-3)24(22)29/h4,7-8,10,15,17,30H,1,5-6,9,11-14H2,2-3H3,(H,31,32,33). The molecule has 0 spiro atoms. The van der Waals surface area contributed by atoms with Crippen LogP contribution >= 0.6 is 23.2 Å². The fourth-order valence-corrected chi connectivity index (χ4v) is 5.39. The average Bonchev–Trinajstić information content (AvgIpc) is 2.90. The summed E-state index contributed by atoms with van der Waals surface area (Å²) in [5, 5.41) is 7.66. The summed E-state index contributed by atoms with van der Waals surface area (Å²) in [6.07, 6.45) is 2.97. The van der Waals surface area contributed by atoms with E-state index in [9.17, 15) is 9.59 Å². The Morgan fingerprint density at radius 1 is 1.20 bits per heavy atom. The Balaban J connectivity index is 1.51. The lowest BCUT2D eigenvalue weighted by Gasteiger charge is -2.39. The number of ether oxygens (including phenoxy) is 3. The number of pyridine rings is 1. The number of carbonyl (C=O) groups excluding carboxylic acids is 1. The van der Waals surface area contributed by atoms with E-state index in [4.69, 9.17) is 37.4 Å². The van der Waals surface area contributed by atoms with Crippen LogP contribution in [0.3, 0.4) is 0 Å². The van der Waals surface area contributed by atoms with Gasteiger partial charge in [-0.15, -0.1) is 0 Å². The maximum absolute atomic E-state index is 14.0. The first-order valence-corrected chi connectivity index (χ1v) is 13.6. The molecule has 0 atom stereocenters. The molecule has 1 amide bonds. The monoisotopic (exact) mass is 588 g/mol. The lowest BCUT2D eigenvalue weighted by molar-refractivity contribution is -0.130. The van der Waals surface area contributed by atoms with E-state index >= 15 is 0 Å². The zero-order valence-electron chi connectivity index (χ0n) is 22.2. The number of fused-ring (bicyclic) bond motifs is 1. The van der Waals surface area contributed by atoms with Gasteiger partial charge >= 0.3 is 0 Å². The molecular weight excluding hydrogens is 559 g/mol. The van der Waals surface area contributed by atoms with Crippen LogP contribution in [0.4, 0.5) is 5.95 Å². The molecule has 4 heterocycles. The number of carbonyl (C=O) groups is 1. The molecule has 11 nitrogen and oxygen atoms in total. The zero-order valence-corrected chi connectivity index (χ0v) is 23.7. The number of benzene rings is 1. The van der Waals surface area contributed by atoms with Gasteiger partial charge in [0.2, 0.25) is 11.9 Å². The second-order valence-corrected chi connectivity index (χ2v) is 10.4. The number of anilines is 1. The molecule has 0 saturated carbocycles. The number of methoxy groups -OCH3 is 2. The largest absolute Gasteiger partial charge is 0.495 e. The summed E-state index contributed by atoms with van der Waals surface area (Å²) in [5.41, 5.74) is 0.708. The third-order valence-electron chi connectivity index (χ3n) is 7.06. The van der Waals surface area contributed by atoms with Crippen molar-refractivity contribution in [3.05, 3.63) is 51.4 Å². The minimum absolute atomic E-state index is 0.0966. The van der Waals surface area contributed by atoms with Gasteiger partial charge in [0.1, 0.15) is 17.1 Å². The van der Waals surface area contributed by atoms with Crippen molar-refractivity contribution in [3.8, 4) is 22.6 Å². The topological polar surface area (TPSA) is 120 Å². The number of halogens is 2. The van der Waals surface area contributed by atoms with Crippen LogP contribution < -0.4 is 25.7 Å². The van der Waals surface area contributed by atoms with Crippen molar-refractivity contribution in [1.82, 2.24) is 24.8 Å². The van der Waals surface area contributed by atoms with Crippen molar-refractivity contribution in [1.29, 1.82) is 0 Å². The number of hydrogen-bond acceptors (Lipinski definition) is 9. The Bertz CT molecular complexity index is 1470. The summed E-state index contributed by atoms with van der Waals surface area (Å²) in [6.45, 7) is 7.52. The number of likely N-dealkylation sites (tertiary alicyclic amines) is 1. The highest BCUT2D eigenvalue weighted by Gasteiger charge is 2.29. The molecule has 0 aliphatic carbocycles. The SMILES string of the molecule is C=CC(=O)N1CC(NCCn2c(=O)c(-c3c(Cl)c(OC)cc(OC)c3Cl)cc3cnc(NCC4COC4)nc32)C1. The van der Waals surface area contributed by atoms with Gasteiger partial charge in [-0.2, -0.15) is 4.98 Å². The molecule has 5 rings (SSSR count). The van der Waals surface area contributed by atoms with Crippen molar-refractivity contribution in [2.45, 2.75) is 12.6 Å². The third kappa shape index (κ3) is 5.46. The Morgan fingerprint density at radius 2 is 1.90 bits per heavy atom. The van der Waals surface area contributed by atoms with Gasteiger partial charge < -0.3 is 29.7 Å². The van der Waals surface area contributed by atoms with Gasteiger partial charge in [-0.3, -0.25) is 14.2 Å². The van der Waals surface area contributed by atoms with Gasteiger partial charge in [0.05, 0.1) is 43.0 Å². The zero-order chi connectivity index (χ0) is 28.4.